The summed E-state index contributed by atoms with van der Waals surface area (Å²) >= 11 is 0. The quantitative estimate of drug-likeness (QED) is 0.243. The van der Waals surface area contributed by atoms with Crippen LogP contribution in [-0.4, -0.2) is 36.1 Å². The van der Waals surface area contributed by atoms with Gasteiger partial charge in [-0.1, -0.05) is 13.0 Å². The second kappa shape index (κ2) is 11.6. The number of rotatable bonds is 8. The van der Waals surface area contributed by atoms with Gasteiger partial charge in [0.15, 0.2) is 5.96 Å². The van der Waals surface area contributed by atoms with E-state index in [0.717, 1.165) is 40.8 Å². The average molecular weight is 511 g/mol. The molecular weight excluding hydrogens is 484 g/mol. The normalized spacial score (nSPS) is 11.2. The van der Waals surface area contributed by atoms with Crippen molar-refractivity contribution in [3.63, 3.8) is 0 Å². The smallest absolute Gasteiger partial charge is 0.213 e. The number of nitrogens with zero attached hydrogens (tertiary/aromatic N) is 2. The number of pyridine rings is 1. The third-order valence-electron chi connectivity index (χ3n) is 4.35. The van der Waals surface area contributed by atoms with Crippen molar-refractivity contribution in [1.82, 2.24) is 20.6 Å². The topological polar surface area (TPSA) is 74.3 Å². The number of hydrogen-bond donors (Lipinski definition) is 3. The molecule has 3 N–H and O–H groups in total. The van der Waals surface area contributed by atoms with Crippen molar-refractivity contribution < 1.29 is 9.13 Å². The van der Waals surface area contributed by atoms with E-state index in [-0.39, 0.29) is 29.8 Å². The molecule has 3 aromatic rings. The molecule has 156 valence electrons. The zero-order chi connectivity index (χ0) is 19.8. The molecule has 2 aromatic heterocycles. The van der Waals surface area contributed by atoms with Crippen LogP contribution in [0.15, 0.2) is 47.7 Å². The zero-order valence-electron chi connectivity index (χ0n) is 16.7. The highest BCUT2D eigenvalue weighted by molar-refractivity contribution is 14.0. The fraction of sp³-hybridized carbons (Fsp3) is 0.333. The van der Waals surface area contributed by atoms with E-state index < -0.39 is 0 Å². The van der Waals surface area contributed by atoms with Crippen molar-refractivity contribution in [2.45, 2.75) is 26.3 Å². The lowest BCUT2D eigenvalue weighted by Crippen LogP contribution is -2.37. The Morgan fingerprint density at radius 2 is 2.10 bits per heavy atom. The number of aromatic amines is 1. The number of benzene rings is 1. The van der Waals surface area contributed by atoms with Crippen molar-refractivity contribution in [3.8, 4) is 5.88 Å². The molecule has 0 spiro atoms. The summed E-state index contributed by atoms with van der Waals surface area (Å²) in [5.74, 6) is 1.13. The Labute approximate surface area is 187 Å². The Bertz CT molecular complexity index is 926. The number of guanidine groups is 1. The van der Waals surface area contributed by atoms with Gasteiger partial charge >= 0.3 is 0 Å². The van der Waals surface area contributed by atoms with E-state index in [1.165, 1.54) is 12.1 Å². The molecule has 0 bridgehead atoms. The van der Waals surface area contributed by atoms with Gasteiger partial charge in [0.2, 0.25) is 5.88 Å². The number of H-pyrrole nitrogens is 1. The van der Waals surface area contributed by atoms with E-state index in [1.807, 2.05) is 24.4 Å². The van der Waals surface area contributed by atoms with Crippen LogP contribution in [0.5, 0.6) is 5.88 Å². The van der Waals surface area contributed by atoms with Gasteiger partial charge in [0.25, 0.3) is 0 Å². The number of nitrogens with one attached hydrogen (secondary N) is 3. The Hall–Kier alpha value is -2.36. The molecule has 0 radical (unpaired) electrons. The Morgan fingerprint density at radius 1 is 1.24 bits per heavy atom. The monoisotopic (exact) mass is 511 g/mol. The van der Waals surface area contributed by atoms with E-state index in [4.69, 9.17) is 4.74 Å². The van der Waals surface area contributed by atoms with E-state index in [1.54, 1.807) is 13.2 Å². The van der Waals surface area contributed by atoms with Crippen LogP contribution in [-0.2, 0) is 13.0 Å². The van der Waals surface area contributed by atoms with Crippen LogP contribution in [0, 0.1) is 5.82 Å². The van der Waals surface area contributed by atoms with Gasteiger partial charge in [-0.25, -0.2) is 9.37 Å². The van der Waals surface area contributed by atoms with Gasteiger partial charge in [0.05, 0.1) is 6.61 Å². The standard InChI is InChI=1S/C21H26FN5O.HI/c1-3-10-28-20-7-4-15(12-26-20)13-27-21(23-2)24-9-8-16-14-25-19-11-17(22)5-6-18(16)19;/h4-7,11-12,14,25H,3,8-10,13H2,1-2H3,(H2,23,24,27);1H. The van der Waals surface area contributed by atoms with Gasteiger partial charge in [0, 0.05) is 49.5 Å². The lowest BCUT2D eigenvalue weighted by Gasteiger charge is -2.12. The summed E-state index contributed by atoms with van der Waals surface area (Å²) in [6.07, 6.45) is 5.49. The lowest BCUT2D eigenvalue weighted by atomic mass is 10.1. The molecule has 8 heteroatoms. The SMILES string of the molecule is CCCOc1ccc(CNC(=NC)NCCc2c[nH]c3cc(F)ccc23)cn1.I. The first-order valence-electron chi connectivity index (χ1n) is 9.47. The van der Waals surface area contributed by atoms with Crippen LogP contribution in [0.1, 0.15) is 24.5 Å². The summed E-state index contributed by atoms with van der Waals surface area (Å²) in [7, 11) is 1.74. The van der Waals surface area contributed by atoms with Gasteiger partial charge in [-0.15, -0.1) is 24.0 Å². The van der Waals surface area contributed by atoms with Gasteiger partial charge in [0.1, 0.15) is 5.82 Å². The first kappa shape index (κ1) is 22.9. The number of aromatic nitrogens is 2. The predicted molar refractivity (Wildman–Crippen MR) is 126 cm³/mol. The molecule has 0 atom stereocenters. The Morgan fingerprint density at radius 3 is 2.83 bits per heavy atom. The first-order valence-corrected chi connectivity index (χ1v) is 9.47. The summed E-state index contributed by atoms with van der Waals surface area (Å²) < 4.78 is 18.8. The highest BCUT2D eigenvalue weighted by Gasteiger charge is 2.05. The van der Waals surface area contributed by atoms with E-state index >= 15 is 0 Å². The summed E-state index contributed by atoms with van der Waals surface area (Å²) in [5.41, 5.74) is 3.01. The molecule has 0 aliphatic carbocycles. The molecule has 0 fully saturated rings. The largest absolute Gasteiger partial charge is 0.478 e. The van der Waals surface area contributed by atoms with Crippen molar-refractivity contribution in [3.05, 3.63) is 59.7 Å². The van der Waals surface area contributed by atoms with Crippen LogP contribution in [0.2, 0.25) is 0 Å². The van der Waals surface area contributed by atoms with E-state index in [2.05, 4.69) is 32.5 Å². The summed E-state index contributed by atoms with van der Waals surface area (Å²) in [4.78, 5) is 11.7. The second-order valence-corrected chi connectivity index (χ2v) is 6.46. The molecule has 0 aliphatic rings. The molecule has 0 saturated heterocycles. The van der Waals surface area contributed by atoms with Crippen LogP contribution >= 0.6 is 24.0 Å². The zero-order valence-corrected chi connectivity index (χ0v) is 19.0. The predicted octanol–water partition coefficient (Wildman–Crippen LogP) is 4.02. The minimum absolute atomic E-state index is 0. The summed E-state index contributed by atoms with van der Waals surface area (Å²) in [6.45, 7) is 4.07. The second-order valence-electron chi connectivity index (χ2n) is 6.46. The summed E-state index contributed by atoms with van der Waals surface area (Å²) in [5, 5.41) is 7.62. The molecule has 0 aliphatic heterocycles. The number of halogens is 2. The molecule has 3 rings (SSSR count). The fourth-order valence-electron chi connectivity index (χ4n) is 2.89. The average Bonchev–Trinajstić information content (AvgIpc) is 3.11. The third kappa shape index (κ3) is 6.59. The number of ether oxygens (including phenoxy) is 1. The molecule has 1 aromatic carbocycles. The Balaban J connectivity index is 0.00000300. The van der Waals surface area contributed by atoms with Crippen LogP contribution in [0.4, 0.5) is 4.39 Å². The van der Waals surface area contributed by atoms with Crippen LogP contribution in [0.3, 0.4) is 0 Å². The minimum Gasteiger partial charge on any atom is -0.478 e. The summed E-state index contributed by atoms with van der Waals surface area (Å²) in [6, 6.07) is 8.68. The molecule has 6 nitrogen and oxygen atoms in total. The molecule has 0 unspecified atom stereocenters. The lowest BCUT2D eigenvalue weighted by molar-refractivity contribution is 0.305. The van der Waals surface area contributed by atoms with Crippen molar-refractivity contribution in [1.29, 1.82) is 0 Å². The van der Waals surface area contributed by atoms with Crippen molar-refractivity contribution in [2.75, 3.05) is 20.2 Å². The molecule has 0 saturated carbocycles. The molecular formula is C21H27FIN5O. The maximum Gasteiger partial charge on any atom is 0.213 e. The maximum atomic E-state index is 13.3. The van der Waals surface area contributed by atoms with Gasteiger partial charge in [-0.05, 0) is 42.2 Å². The van der Waals surface area contributed by atoms with Crippen LogP contribution in [0.25, 0.3) is 10.9 Å². The van der Waals surface area contributed by atoms with E-state index in [0.29, 0.717) is 25.6 Å². The molecule has 0 amide bonds. The third-order valence-corrected chi connectivity index (χ3v) is 4.35. The minimum atomic E-state index is -0.233. The molecule has 2 heterocycles. The number of aliphatic imine (C=N–C) groups is 1. The number of fused-ring (bicyclic) bond motifs is 1. The van der Waals surface area contributed by atoms with Gasteiger partial charge in [-0.3, -0.25) is 4.99 Å². The maximum absolute atomic E-state index is 13.3. The van der Waals surface area contributed by atoms with Crippen molar-refractivity contribution in [2.24, 2.45) is 4.99 Å². The highest BCUT2D eigenvalue weighted by atomic mass is 127. The van der Waals surface area contributed by atoms with E-state index in [9.17, 15) is 4.39 Å². The molecule has 29 heavy (non-hydrogen) atoms. The van der Waals surface area contributed by atoms with Gasteiger partial charge in [-0.2, -0.15) is 0 Å². The fourth-order valence-corrected chi connectivity index (χ4v) is 2.89. The van der Waals surface area contributed by atoms with Crippen molar-refractivity contribution >= 4 is 40.8 Å². The van der Waals surface area contributed by atoms with Crippen LogP contribution < -0.4 is 15.4 Å². The highest BCUT2D eigenvalue weighted by Crippen LogP contribution is 2.19. The Kier molecular flexibility index (Phi) is 9.17. The first-order chi connectivity index (χ1) is 13.7. The number of hydrogen-bond acceptors (Lipinski definition) is 3. The van der Waals surface area contributed by atoms with Gasteiger partial charge < -0.3 is 20.4 Å².